The molecule has 1 aliphatic rings. The third kappa shape index (κ3) is 3.52. The second kappa shape index (κ2) is 5.21. The van der Waals surface area contributed by atoms with E-state index in [1.165, 1.54) is 0 Å². The first kappa shape index (κ1) is 16.2. The lowest BCUT2D eigenvalue weighted by atomic mass is 9.97. The average molecular weight is 307 g/mol. The van der Waals surface area contributed by atoms with Crippen molar-refractivity contribution in [3.8, 4) is 0 Å². The van der Waals surface area contributed by atoms with Gasteiger partial charge in [0.15, 0.2) is 0 Å². The predicted octanol–water partition coefficient (Wildman–Crippen LogP) is 2.73. The highest BCUT2D eigenvalue weighted by Crippen LogP contribution is 2.33. The Labute approximate surface area is 132 Å². The lowest BCUT2D eigenvalue weighted by Crippen LogP contribution is -2.57. The van der Waals surface area contributed by atoms with E-state index in [0.29, 0.717) is 4.99 Å². The summed E-state index contributed by atoms with van der Waals surface area (Å²) in [6.45, 7) is 14.0. The maximum Gasteiger partial charge on any atom is 0.139 e. The molecule has 0 aromatic carbocycles. The van der Waals surface area contributed by atoms with E-state index in [4.69, 9.17) is 27.7 Å². The highest BCUT2D eigenvalue weighted by molar-refractivity contribution is 7.80. The van der Waals surface area contributed by atoms with Crippen LogP contribution >= 0.6 is 12.2 Å². The smallest absolute Gasteiger partial charge is 0.139 e. The standard InChI is InChI=1S/C16H25N3OS/c1-10-7-11(2)18-14(12(10)13(17)21)19-8-15(3,4)20-16(5,6)9-19/h7H,8-9H2,1-6H3,(H2,17,21). The van der Waals surface area contributed by atoms with Crippen molar-refractivity contribution < 1.29 is 4.74 Å². The Morgan fingerprint density at radius 3 is 2.24 bits per heavy atom. The van der Waals surface area contributed by atoms with Gasteiger partial charge in [-0.3, -0.25) is 0 Å². The SMILES string of the molecule is Cc1cc(C)c(C(N)=S)c(N2CC(C)(C)OC(C)(C)C2)n1. The van der Waals surface area contributed by atoms with E-state index in [2.05, 4.69) is 32.6 Å². The summed E-state index contributed by atoms with van der Waals surface area (Å²) in [6.07, 6.45) is 0. The average Bonchev–Trinajstić information content (AvgIpc) is 2.22. The Bertz CT molecular complexity index is 565. The molecule has 1 saturated heterocycles. The maximum absolute atomic E-state index is 6.14. The summed E-state index contributed by atoms with van der Waals surface area (Å²) in [5.74, 6) is 0.879. The fourth-order valence-corrected chi connectivity index (χ4v) is 3.54. The van der Waals surface area contributed by atoms with Gasteiger partial charge in [-0.05, 0) is 53.2 Å². The van der Waals surface area contributed by atoms with Crippen molar-refractivity contribution in [2.24, 2.45) is 5.73 Å². The van der Waals surface area contributed by atoms with E-state index in [9.17, 15) is 0 Å². The van der Waals surface area contributed by atoms with Crippen molar-refractivity contribution >= 4 is 23.0 Å². The van der Waals surface area contributed by atoms with Crippen LogP contribution in [0.4, 0.5) is 5.82 Å². The Kier molecular flexibility index (Phi) is 4.02. The normalized spacial score (nSPS) is 20.4. The number of nitrogens with zero attached hydrogens (tertiary/aromatic N) is 2. The molecule has 4 nitrogen and oxygen atoms in total. The Morgan fingerprint density at radius 2 is 1.76 bits per heavy atom. The molecule has 1 fully saturated rings. The summed E-state index contributed by atoms with van der Waals surface area (Å²) < 4.78 is 6.14. The summed E-state index contributed by atoms with van der Waals surface area (Å²) in [7, 11) is 0. The van der Waals surface area contributed by atoms with Crippen LogP contribution in [0.2, 0.25) is 0 Å². The van der Waals surface area contributed by atoms with Crippen molar-refractivity contribution in [2.75, 3.05) is 18.0 Å². The fourth-order valence-electron chi connectivity index (χ4n) is 3.29. The Morgan fingerprint density at radius 1 is 1.24 bits per heavy atom. The van der Waals surface area contributed by atoms with Crippen molar-refractivity contribution in [3.05, 3.63) is 22.9 Å². The van der Waals surface area contributed by atoms with E-state index in [-0.39, 0.29) is 11.2 Å². The number of pyridine rings is 1. The zero-order chi connectivity index (χ0) is 16.0. The molecular formula is C16H25N3OS. The number of ether oxygens (including phenoxy) is 1. The zero-order valence-electron chi connectivity index (χ0n) is 13.8. The minimum absolute atomic E-state index is 0.241. The lowest BCUT2D eigenvalue weighted by Gasteiger charge is -2.48. The van der Waals surface area contributed by atoms with Crippen molar-refractivity contribution in [1.82, 2.24) is 4.98 Å². The fraction of sp³-hybridized carbons (Fsp3) is 0.625. The van der Waals surface area contributed by atoms with Crippen LogP contribution in [-0.4, -0.2) is 34.3 Å². The first-order valence-electron chi connectivity index (χ1n) is 7.24. The van der Waals surface area contributed by atoms with Gasteiger partial charge in [0.2, 0.25) is 0 Å². The zero-order valence-corrected chi connectivity index (χ0v) is 14.6. The summed E-state index contributed by atoms with van der Waals surface area (Å²) in [5.41, 5.74) is 8.39. The number of aryl methyl sites for hydroxylation is 2. The molecule has 0 atom stereocenters. The van der Waals surface area contributed by atoms with Crippen LogP contribution in [0.15, 0.2) is 6.07 Å². The molecule has 1 aliphatic heterocycles. The summed E-state index contributed by atoms with van der Waals surface area (Å²) >= 11 is 5.24. The molecule has 2 rings (SSSR count). The highest BCUT2D eigenvalue weighted by Gasteiger charge is 2.39. The van der Waals surface area contributed by atoms with Gasteiger partial charge in [0.25, 0.3) is 0 Å². The molecule has 1 aromatic heterocycles. The van der Waals surface area contributed by atoms with Crippen LogP contribution in [0.3, 0.4) is 0 Å². The third-order valence-electron chi connectivity index (χ3n) is 3.57. The molecule has 2 heterocycles. The second-order valence-electron chi connectivity index (χ2n) is 7.12. The van der Waals surface area contributed by atoms with Gasteiger partial charge in [-0.25, -0.2) is 4.98 Å². The third-order valence-corrected chi connectivity index (χ3v) is 3.77. The van der Waals surface area contributed by atoms with E-state index < -0.39 is 0 Å². The van der Waals surface area contributed by atoms with Crippen LogP contribution < -0.4 is 10.6 Å². The number of hydrogen-bond donors (Lipinski definition) is 1. The molecule has 0 bridgehead atoms. The molecule has 2 N–H and O–H groups in total. The van der Waals surface area contributed by atoms with Gasteiger partial charge in [0.1, 0.15) is 10.8 Å². The summed E-state index contributed by atoms with van der Waals surface area (Å²) in [6, 6.07) is 2.02. The molecule has 0 saturated carbocycles. The number of nitrogens with two attached hydrogens (primary N) is 1. The van der Waals surface area contributed by atoms with Crippen LogP contribution in [-0.2, 0) is 4.74 Å². The Hall–Kier alpha value is -1.20. The van der Waals surface area contributed by atoms with Gasteiger partial charge < -0.3 is 15.4 Å². The molecule has 116 valence electrons. The Balaban J connectivity index is 2.53. The minimum atomic E-state index is -0.241. The minimum Gasteiger partial charge on any atom is -0.389 e. The molecule has 0 unspecified atom stereocenters. The molecule has 21 heavy (non-hydrogen) atoms. The van der Waals surface area contributed by atoms with E-state index >= 15 is 0 Å². The highest BCUT2D eigenvalue weighted by atomic mass is 32.1. The number of hydrogen-bond acceptors (Lipinski definition) is 4. The van der Waals surface area contributed by atoms with E-state index in [1.807, 2.05) is 19.9 Å². The van der Waals surface area contributed by atoms with Gasteiger partial charge in [-0.1, -0.05) is 12.2 Å². The predicted molar refractivity (Wildman–Crippen MR) is 91.1 cm³/mol. The molecule has 0 aliphatic carbocycles. The van der Waals surface area contributed by atoms with E-state index in [1.54, 1.807) is 0 Å². The maximum atomic E-state index is 6.14. The van der Waals surface area contributed by atoms with Crippen LogP contribution in [0, 0.1) is 13.8 Å². The van der Waals surface area contributed by atoms with Gasteiger partial charge in [0.05, 0.1) is 16.8 Å². The second-order valence-corrected chi connectivity index (χ2v) is 7.56. The molecular weight excluding hydrogens is 282 g/mol. The van der Waals surface area contributed by atoms with Crippen LogP contribution in [0.25, 0.3) is 0 Å². The largest absolute Gasteiger partial charge is 0.389 e. The number of thiocarbonyl (C=S) groups is 1. The van der Waals surface area contributed by atoms with Gasteiger partial charge in [-0.2, -0.15) is 0 Å². The monoisotopic (exact) mass is 307 g/mol. The molecule has 5 heteroatoms. The number of anilines is 1. The molecule has 0 radical (unpaired) electrons. The quantitative estimate of drug-likeness (QED) is 0.851. The van der Waals surface area contributed by atoms with Crippen molar-refractivity contribution in [2.45, 2.75) is 52.7 Å². The first-order chi connectivity index (χ1) is 9.51. The summed E-state index contributed by atoms with van der Waals surface area (Å²) in [5, 5.41) is 0. The lowest BCUT2D eigenvalue weighted by molar-refractivity contribution is -0.133. The molecule has 1 aromatic rings. The van der Waals surface area contributed by atoms with Crippen LogP contribution in [0.1, 0.15) is 44.5 Å². The topological polar surface area (TPSA) is 51.4 Å². The van der Waals surface area contributed by atoms with Crippen LogP contribution in [0.5, 0.6) is 0 Å². The summed E-state index contributed by atoms with van der Waals surface area (Å²) in [4.78, 5) is 7.36. The molecule has 0 spiro atoms. The first-order valence-corrected chi connectivity index (χ1v) is 7.65. The number of morpholine rings is 1. The van der Waals surface area contributed by atoms with Gasteiger partial charge in [-0.15, -0.1) is 0 Å². The number of rotatable bonds is 2. The molecule has 0 amide bonds. The van der Waals surface area contributed by atoms with Gasteiger partial charge >= 0.3 is 0 Å². The van der Waals surface area contributed by atoms with Crippen molar-refractivity contribution in [3.63, 3.8) is 0 Å². The number of aromatic nitrogens is 1. The van der Waals surface area contributed by atoms with Gasteiger partial charge in [0, 0.05) is 18.8 Å². The van der Waals surface area contributed by atoms with Crippen molar-refractivity contribution in [1.29, 1.82) is 0 Å². The van der Waals surface area contributed by atoms with E-state index in [0.717, 1.165) is 35.7 Å².